The van der Waals surface area contributed by atoms with Crippen LogP contribution in [-0.2, 0) is 4.79 Å². The van der Waals surface area contributed by atoms with E-state index in [0.717, 1.165) is 5.56 Å². The first kappa shape index (κ1) is 16.7. The Hall–Kier alpha value is -2.32. The fourth-order valence-electron chi connectivity index (χ4n) is 1.82. The molecule has 1 unspecified atom stereocenters. The van der Waals surface area contributed by atoms with Gasteiger partial charge in [-0.15, -0.1) is 0 Å². The summed E-state index contributed by atoms with van der Waals surface area (Å²) >= 11 is 0. The van der Waals surface area contributed by atoms with Gasteiger partial charge in [0.1, 0.15) is 6.04 Å². The smallest absolute Gasteiger partial charge is 0.253 e. The van der Waals surface area contributed by atoms with Gasteiger partial charge in [0, 0.05) is 19.7 Å². The minimum Gasteiger partial charge on any atom is -0.347 e. The van der Waals surface area contributed by atoms with E-state index in [4.69, 9.17) is 5.73 Å². The molecule has 1 rings (SSSR count). The van der Waals surface area contributed by atoms with E-state index in [9.17, 15) is 9.59 Å². The maximum absolute atomic E-state index is 12.3. The number of hydrogen-bond acceptors (Lipinski definition) is 3. The van der Waals surface area contributed by atoms with Crippen LogP contribution in [0.3, 0.4) is 0 Å². The van der Waals surface area contributed by atoms with Crippen molar-refractivity contribution in [2.75, 3.05) is 20.6 Å². The summed E-state index contributed by atoms with van der Waals surface area (Å²) in [7, 11) is 3.30. The lowest BCUT2D eigenvalue weighted by Crippen LogP contribution is -2.44. The van der Waals surface area contributed by atoms with E-state index in [-0.39, 0.29) is 18.4 Å². The second-order valence-corrected chi connectivity index (χ2v) is 4.98. The molecule has 0 saturated heterocycles. The van der Waals surface area contributed by atoms with Crippen molar-refractivity contribution in [2.45, 2.75) is 19.9 Å². The van der Waals surface area contributed by atoms with E-state index in [0.29, 0.717) is 11.1 Å². The van der Waals surface area contributed by atoms with Crippen LogP contribution in [-0.4, -0.2) is 43.4 Å². The first-order valence-electron chi connectivity index (χ1n) is 6.68. The number of amides is 2. The van der Waals surface area contributed by atoms with Gasteiger partial charge in [-0.25, -0.2) is 0 Å². The molecule has 112 valence electrons. The highest BCUT2D eigenvalue weighted by atomic mass is 16.2. The molecule has 0 aliphatic carbocycles. The molecular formula is C16H21N3O2. The lowest BCUT2D eigenvalue weighted by atomic mass is 10.0. The van der Waals surface area contributed by atoms with Gasteiger partial charge in [0.2, 0.25) is 5.91 Å². The fraction of sp³-hybridized carbons (Fsp3) is 0.375. The number of nitrogens with two attached hydrogens (primary N) is 1. The van der Waals surface area contributed by atoms with Gasteiger partial charge in [0.25, 0.3) is 5.91 Å². The van der Waals surface area contributed by atoms with Crippen molar-refractivity contribution in [3.8, 4) is 11.8 Å². The topological polar surface area (TPSA) is 75.4 Å². The second-order valence-electron chi connectivity index (χ2n) is 4.98. The van der Waals surface area contributed by atoms with Crippen LogP contribution in [0, 0.1) is 18.8 Å². The molecule has 5 heteroatoms. The van der Waals surface area contributed by atoms with E-state index >= 15 is 0 Å². The maximum Gasteiger partial charge on any atom is 0.253 e. The molecule has 0 fully saturated rings. The molecule has 0 spiro atoms. The number of benzene rings is 1. The predicted octanol–water partition coefficient (Wildman–Crippen LogP) is 0.512. The Morgan fingerprint density at radius 2 is 2.05 bits per heavy atom. The van der Waals surface area contributed by atoms with Gasteiger partial charge in [0.15, 0.2) is 0 Å². The monoisotopic (exact) mass is 287 g/mol. The predicted molar refractivity (Wildman–Crippen MR) is 82.7 cm³/mol. The molecule has 0 heterocycles. The van der Waals surface area contributed by atoms with Gasteiger partial charge >= 0.3 is 0 Å². The van der Waals surface area contributed by atoms with Crippen LogP contribution in [0.2, 0.25) is 0 Å². The summed E-state index contributed by atoms with van der Waals surface area (Å²) in [5, 5.41) is 2.69. The molecular weight excluding hydrogens is 266 g/mol. The van der Waals surface area contributed by atoms with Gasteiger partial charge < -0.3 is 16.0 Å². The zero-order chi connectivity index (χ0) is 16.0. The van der Waals surface area contributed by atoms with Gasteiger partial charge in [0.05, 0.1) is 12.1 Å². The summed E-state index contributed by atoms with van der Waals surface area (Å²) in [6, 6.07) is 4.82. The van der Waals surface area contributed by atoms with Gasteiger partial charge in [-0.05, 0) is 26.0 Å². The molecule has 0 aliphatic heterocycles. The second kappa shape index (κ2) is 7.46. The number of hydrogen-bond donors (Lipinski definition) is 2. The molecule has 1 aromatic rings. The van der Waals surface area contributed by atoms with Crippen LogP contribution >= 0.6 is 0 Å². The molecule has 0 radical (unpaired) electrons. The van der Waals surface area contributed by atoms with Crippen molar-refractivity contribution in [3.63, 3.8) is 0 Å². The normalized spacial score (nSPS) is 11.1. The average Bonchev–Trinajstić information content (AvgIpc) is 2.44. The van der Waals surface area contributed by atoms with E-state index in [2.05, 4.69) is 17.2 Å². The van der Waals surface area contributed by atoms with Crippen LogP contribution in [0.25, 0.3) is 0 Å². The standard InChI is InChI=1S/C16H21N3O2/c1-11-7-8-13(6-5-9-17)14(10-11)15(20)18-12(2)16(21)19(3)4/h7-8,10,12H,9,17H2,1-4H3,(H,18,20). The van der Waals surface area contributed by atoms with Crippen molar-refractivity contribution in [1.82, 2.24) is 10.2 Å². The Kier molecular flexibility index (Phi) is 5.94. The molecule has 2 amide bonds. The zero-order valence-electron chi connectivity index (χ0n) is 12.9. The van der Waals surface area contributed by atoms with Gasteiger partial charge in [-0.3, -0.25) is 9.59 Å². The van der Waals surface area contributed by atoms with Crippen LogP contribution < -0.4 is 11.1 Å². The highest BCUT2D eigenvalue weighted by Gasteiger charge is 2.19. The van der Waals surface area contributed by atoms with Crippen molar-refractivity contribution in [3.05, 3.63) is 34.9 Å². The number of nitrogens with one attached hydrogen (secondary N) is 1. The van der Waals surface area contributed by atoms with Gasteiger partial charge in [-0.2, -0.15) is 0 Å². The maximum atomic E-state index is 12.3. The summed E-state index contributed by atoms with van der Waals surface area (Å²) < 4.78 is 0. The lowest BCUT2D eigenvalue weighted by molar-refractivity contribution is -0.130. The molecule has 3 N–H and O–H groups in total. The van der Waals surface area contributed by atoms with E-state index < -0.39 is 6.04 Å². The summed E-state index contributed by atoms with van der Waals surface area (Å²) in [5.41, 5.74) is 7.37. The number of carbonyl (C=O) groups is 2. The van der Waals surface area contributed by atoms with Crippen molar-refractivity contribution >= 4 is 11.8 Å². The third-order valence-corrected chi connectivity index (χ3v) is 2.90. The molecule has 1 atom stereocenters. The minimum atomic E-state index is -0.594. The third-order valence-electron chi connectivity index (χ3n) is 2.90. The molecule has 0 aliphatic rings. The van der Waals surface area contributed by atoms with Crippen molar-refractivity contribution in [1.29, 1.82) is 0 Å². The Labute approximate surface area is 125 Å². The van der Waals surface area contributed by atoms with Crippen LogP contribution in [0.15, 0.2) is 18.2 Å². The van der Waals surface area contributed by atoms with Crippen LogP contribution in [0.4, 0.5) is 0 Å². The Morgan fingerprint density at radius 1 is 1.38 bits per heavy atom. The fourth-order valence-corrected chi connectivity index (χ4v) is 1.82. The average molecular weight is 287 g/mol. The molecule has 5 nitrogen and oxygen atoms in total. The third kappa shape index (κ3) is 4.62. The highest BCUT2D eigenvalue weighted by Crippen LogP contribution is 2.11. The summed E-state index contributed by atoms with van der Waals surface area (Å²) in [4.78, 5) is 25.6. The van der Waals surface area contributed by atoms with Crippen LogP contribution in [0.5, 0.6) is 0 Å². The Morgan fingerprint density at radius 3 is 2.62 bits per heavy atom. The summed E-state index contributed by atoms with van der Waals surface area (Å²) in [5.74, 6) is 5.13. The SMILES string of the molecule is Cc1ccc(C#CCN)c(C(=O)NC(C)C(=O)N(C)C)c1. The quantitative estimate of drug-likeness (QED) is 0.796. The van der Waals surface area contributed by atoms with Crippen LogP contribution in [0.1, 0.15) is 28.4 Å². The van der Waals surface area contributed by atoms with Gasteiger partial charge in [-0.1, -0.05) is 23.5 Å². The molecule has 1 aromatic carbocycles. The first-order chi connectivity index (χ1) is 9.86. The highest BCUT2D eigenvalue weighted by molar-refractivity contribution is 5.99. The Bertz CT molecular complexity index is 597. The number of nitrogens with zero attached hydrogens (tertiary/aromatic N) is 1. The van der Waals surface area contributed by atoms with Crippen molar-refractivity contribution < 1.29 is 9.59 Å². The van der Waals surface area contributed by atoms with Crippen molar-refractivity contribution in [2.24, 2.45) is 5.73 Å². The zero-order valence-corrected chi connectivity index (χ0v) is 12.9. The number of aryl methyl sites for hydroxylation is 1. The number of rotatable bonds is 3. The first-order valence-corrected chi connectivity index (χ1v) is 6.68. The molecule has 21 heavy (non-hydrogen) atoms. The molecule has 0 bridgehead atoms. The van der Waals surface area contributed by atoms with E-state index in [1.807, 2.05) is 13.0 Å². The summed E-state index contributed by atoms with van der Waals surface area (Å²) in [6.07, 6.45) is 0. The van der Waals surface area contributed by atoms with E-state index in [1.54, 1.807) is 33.2 Å². The molecule has 0 aromatic heterocycles. The largest absolute Gasteiger partial charge is 0.347 e. The number of likely N-dealkylation sites (N-methyl/N-ethyl adjacent to an activating group) is 1. The van der Waals surface area contributed by atoms with E-state index in [1.165, 1.54) is 4.90 Å². The lowest BCUT2D eigenvalue weighted by Gasteiger charge is -2.18. The Balaban J connectivity index is 3.01. The summed E-state index contributed by atoms with van der Waals surface area (Å²) in [6.45, 7) is 3.77. The minimum absolute atomic E-state index is 0.161. The number of carbonyl (C=O) groups excluding carboxylic acids is 2. The molecule has 0 saturated carbocycles.